The first kappa shape index (κ1) is 15.1. The van der Waals surface area contributed by atoms with Gasteiger partial charge in [-0.25, -0.2) is 4.79 Å². The second kappa shape index (κ2) is 5.12. The Bertz CT molecular complexity index is 749. The Morgan fingerprint density at radius 1 is 1.26 bits per heavy atom. The van der Waals surface area contributed by atoms with Gasteiger partial charge in [0, 0.05) is 12.0 Å². The van der Waals surface area contributed by atoms with Crippen molar-refractivity contribution in [1.82, 2.24) is 0 Å². The zero-order valence-electron chi connectivity index (χ0n) is 12.0. The molecule has 23 heavy (non-hydrogen) atoms. The van der Waals surface area contributed by atoms with Crippen LogP contribution in [0.3, 0.4) is 0 Å². The fraction of sp³-hybridized carbons (Fsp3) is 0.312. The predicted octanol–water partition coefficient (Wildman–Crippen LogP) is 1.60. The van der Waals surface area contributed by atoms with Crippen LogP contribution in [0.25, 0.3) is 0 Å². The summed E-state index contributed by atoms with van der Waals surface area (Å²) in [6.45, 7) is 0. The molecule has 0 aromatic heterocycles. The average molecular weight is 318 g/mol. The lowest BCUT2D eigenvalue weighted by molar-refractivity contribution is -0.148. The molecule has 2 atom stereocenters. The van der Waals surface area contributed by atoms with Gasteiger partial charge in [0.25, 0.3) is 0 Å². The number of aliphatic carboxylic acids is 2. The molecule has 7 nitrogen and oxygen atoms in total. The first-order valence-electron chi connectivity index (χ1n) is 7.07. The Balaban J connectivity index is 2.12. The number of ether oxygens (including phenoxy) is 1. The van der Waals surface area contributed by atoms with E-state index < -0.39 is 29.2 Å². The summed E-state index contributed by atoms with van der Waals surface area (Å²) in [5.41, 5.74) is -1.76. The van der Waals surface area contributed by atoms with Crippen LogP contribution in [0.2, 0.25) is 0 Å². The van der Waals surface area contributed by atoms with Crippen LogP contribution in [0.15, 0.2) is 29.8 Å². The maximum absolute atomic E-state index is 12.8. The van der Waals surface area contributed by atoms with E-state index in [0.717, 1.165) is 0 Å². The molecule has 0 saturated heterocycles. The number of carbonyl (C=O) groups excluding carboxylic acids is 1. The summed E-state index contributed by atoms with van der Waals surface area (Å²) < 4.78 is 5.69. The van der Waals surface area contributed by atoms with Crippen molar-refractivity contribution in [3.05, 3.63) is 35.4 Å². The highest BCUT2D eigenvalue weighted by Gasteiger charge is 2.57. The van der Waals surface area contributed by atoms with E-state index in [1.54, 1.807) is 0 Å². The van der Waals surface area contributed by atoms with Crippen LogP contribution in [-0.4, -0.2) is 38.6 Å². The monoisotopic (exact) mass is 318 g/mol. The molecule has 0 fully saturated rings. The van der Waals surface area contributed by atoms with Crippen LogP contribution in [0.1, 0.15) is 29.6 Å². The SMILES string of the molecule is O=C(O)C1=CCC[C@@H](C(=O)O)[C@]2(C1)Oc1ccc(O)cc1C2=O. The second-order valence-electron chi connectivity index (χ2n) is 5.68. The van der Waals surface area contributed by atoms with Crippen molar-refractivity contribution in [2.45, 2.75) is 24.9 Å². The summed E-state index contributed by atoms with van der Waals surface area (Å²) in [5.74, 6) is -4.18. The number of phenolic OH excluding ortho intramolecular Hbond substituents is 1. The fourth-order valence-corrected chi connectivity index (χ4v) is 3.22. The topological polar surface area (TPSA) is 121 Å². The van der Waals surface area contributed by atoms with E-state index in [0.29, 0.717) is 0 Å². The van der Waals surface area contributed by atoms with Gasteiger partial charge in [-0.3, -0.25) is 9.59 Å². The average Bonchev–Trinajstić information content (AvgIpc) is 2.65. The number of carbonyl (C=O) groups is 3. The lowest BCUT2D eigenvalue weighted by atomic mass is 9.77. The van der Waals surface area contributed by atoms with Crippen LogP contribution in [-0.2, 0) is 9.59 Å². The fourth-order valence-electron chi connectivity index (χ4n) is 3.22. The Hall–Kier alpha value is -2.83. The maximum Gasteiger partial charge on any atom is 0.331 e. The second-order valence-corrected chi connectivity index (χ2v) is 5.68. The molecular weight excluding hydrogens is 304 g/mol. The van der Waals surface area contributed by atoms with E-state index in [9.17, 15) is 29.7 Å². The van der Waals surface area contributed by atoms with E-state index in [-0.39, 0.29) is 41.9 Å². The number of phenols is 1. The number of hydrogen-bond donors (Lipinski definition) is 3. The number of hydrogen-bond acceptors (Lipinski definition) is 5. The van der Waals surface area contributed by atoms with Crippen molar-refractivity contribution in [2.24, 2.45) is 5.92 Å². The zero-order chi connectivity index (χ0) is 16.8. The molecule has 1 aromatic carbocycles. The lowest BCUT2D eigenvalue weighted by Gasteiger charge is -2.31. The number of ketones is 1. The van der Waals surface area contributed by atoms with Crippen LogP contribution in [0.5, 0.6) is 11.5 Å². The minimum atomic E-state index is -1.79. The summed E-state index contributed by atoms with van der Waals surface area (Å²) in [4.78, 5) is 35.8. The van der Waals surface area contributed by atoms with Gasteiger partial charge in [0.1, 0.15) is 17.4 Å². The molecule has 1 aliphatic carbocycles. The molecule has 0 bridgehead atoms. The van der Waals surface area contributed by atoms with Gasteiger partial charge in [0.15, 0.2) is 5.60 Å². The van der Waals surface area contributed by atoms with Gasteiger partial charge in [-0.2, -0.15) is 0 Å². The van der Waals surface area contributed by atoms with Gasteiger partial charge in [-0.15, -0.1) is 0 Å². The molecule has 0 saturated carbocycles. The third kappa shape index (κ3) is 2.25. The van der Waals surface area contributed by atoms with Gasteiger partial charge < -0.3 is 20.1 Å². The van der Waals surface area contributed by atoms with Gasteiger partial charge >= 0.3 is 11.9 Å². The van der Waals surface area contributed by atoms with Crippen LogP contribution < -0.4 is 4.74 Å². The van der Waals surface area contributed by atoms with Crippen molar-refractivity contribution in [2.75, 3.05) is 0 Å². The van der Waals surface area contributed by atoms with E-state index >= 15 is 0 Å². The van der Waals surface area contributed by atoms with Crippen molar-refractivity contribution >= 4 is 17.7 Å². The summed E-state index contributed by atoms with van der Waals surface area (Å²) >= 11 is 0. The summed E-state index contributed by atoms with van der Waals surface area (Å²) in [5, 5.41) is 28.3. The summed E-state index contributed by atoms with van der Waals surface area (Å²) in [6.07, 6.45) is 1.44. The third-order valence-electron chi connectivity index (χ3n) is 4.32. The molecule has 0 radical (unpaired) electrons. The first-order valence-corrected chi connectivity index (χ1v) is 7.07. The minimum Gasteiger partial charge on any atom is -0.508 e. The number of allylic oxidation sites excluding steroid dienone is 1. The van der Waals surface area contributed by atoms with Gasteiger partial charge in [0.2, 0.25) is 5.78 Å². The largest absolute Gasteiger partial charge is 0.508 e. The van der Waals surface area contributed by atoms with Gasteiger partial charge in [-0.05, 0) is 31.0 Å². The first-order chi connectivity index (χ1) is 10.8. The van der Waals surface area contributed by atoms with Crippen LogP contribution >= 0.6 is 0 Å². The highest BCUT2D eigenvalue weighted by atomic mass is 16.5. The molecule has 0 amide bonds. The molecule has 1 aliphatic heterocycles. The Morgan fingerprint density at radius 3 is 2.65 bits per heavy atom. The highest BCUT2D eigenvalue weighted by Crippen LogP contribution is 2.46. The number of Topliss-reactive ketones (excluding diaryl/α,β-unsaturated/α-hetero) is 1. The number of benzene rings is 1. The Kier molecular flexibility index (Phi) is 3.35. The molecule has 7 heteroatoms. The maximum atomic E-state index is 12.8. The van der Waals surface area contributed by atoms with Crippen LogP contribution in [0, 0.1) is 5.92 Å². The molecule has 1 spiro atoms. The van der Waals surface area contributed by atoms with Gasteiger partial charge in [-0.1, -0.05) is 6.08 Å². The standard InChI is InChI=1S/C16H14O7/c17-9-4-5-12-10(6-9)13(18)16(23-12)7-8(14(19)20)2-1-3-11(16)15(21)22/h2,4-6,11,17H,1,3,7H2,(H,19,20)(H,21,22)/t11-,16-/m0/s1. The molecular formula is C16H14O7. The quantitative estimate of drug-likeness (QED) is 0.757. The normalized spacial score (nSPS) is 26.2. The molecule has 120 valence electrons. The Labute approximate surface area is 130 Å². The zero-order valence-corrected chi connectivity index (χ0v) is 12.0. The molecule has 1 aromatic rings. The number of carboxylic acids is 2. The molecule has 1 heterocycles. The highest BCUT2D eigenvalue weighted by molar-refractivity contribution is 6.10. The van der Waals surface area contributed by atoms with Gasteiger partial charge in [0.05, 0.1) is 5.56 Å². The van der Waals surface area contributed by atoms with Crippen molar-refractivity contribution in [1.29, 1.82) is 0 Å². The molecule has 3 N–H and O–H groups in total. The smallest absolute Gasteiger partial charge is 0.331 e. The van der Waals surface area contributed by atoms with Crippen molar-refractivity contribution < 1.29 is 34.4 Å². The van der Waals surface area contributed by atoms with E-state index in [1.807, 2.05) is 0 Å². The van der Waals surface area contributed by atoms with Crippen molar-refractivity contribution in [3.63, 3.8) is 0 Å². The third-order valence-corrected chi connectivity index (χ3v) is 4.32. The number of carboxylic acid groups (broad SMARTS) is 2. The minimum absolute atomic E-state index is 0.0425. The van der Waals surface area contributed by atoms with Crippen molar-refractivity contribution in [3.8, 4) is 11.5 Å². The van der Waals surface area contributed by atoms with E-state index in [1.165, 1.54) is 24.3 Å². The lowest BCUT2D eigenvalue weighted by Crippen LogP contribution is -2.50. The number of fused-ring (bicyclic) bond motifs is 1. The van der Waals surface area contributed by atoms with E-state index in [2.05, 4.69) is 0 Å². The number of aromatic hydroxyl groups is 1. The number of rotatable bonds is 2. The predicted molar refractivity (Wildman–Crippen MR) is 76.5 cm³/mol. The summed E-state index contributed by atoms with van der Waals surface area (Å²) in [7, 11) is 0. The van der Waals surface area contributed by atoms with Crippen LogP contribution in [0.4, 0.5) is 0 Å². The van der Waals surface area contributed by atoms with E-state index in [4.69, 9.17) is 4.74 Å². The summed E-state index contributed by atoms with van der Waals surface area (Å²) in [6, 6.07) is 3.91. The molecule has 3 rings (SSSR count). The Morgan fingerprint density at radius 2 is 2.00 bits per heavy atom. The molecule has 2 aliphatic rings. The molecule has 0 unspecified atom stereocenters.